The van der Waals surface area contributed by atoms with Crippen LogP contribution in [0.4, 0.5) is 0 Å². The third-order valence-electron chi connectivity index (χ3n) is 13.7. The van der Waals surface area contributed by atoms with Gasteiger partial charge in [0, 0.05) is 22.3 Å². The van der Waals surface area contributed by atoms with Crippen LogP contribution in [0.5, 0.6) is 0 Å². The molecule has 12 aromatic rings. The first-order valence-electron chi connectivity index (χ1n) is 23.6. The first-order valence-corrected chi connectivity index (χ1v) is 23.6. The van der Waals surface area contributed by atoms with Crippen LogP contribution in [0.2, 0.25) is 0 Å². The molecule has 1 heterocycles. The second-order valence-corrected chi connectivity index (χ2v) is 17.8. The molecule has 0 amide bonds. The standard InChI is InChI=1S/C66H40N4/c67-41-53-34-33-51(55-22-7-6-21-54(55)44-30-27-43(28-31-44)50-35-36-57-58-25-11-17-45-18-12-26-59(63(45)58)62(57)39-50)40-61(53)56-23-8-9-24-60(56)66-69-64(46-14-2-1-3-15-46)68-65(70-66)52-20-10-19-48(38-52)49-32-29-42-13-4-5-16-47(42)37-49/h1-40H. The Morgan fingerprint density at radius 3 is 1.51 bits per heavy atom. The van der Waals surface area contributed by atoms with Gasteiger partial charge in [-0.3, -0.25) is 0 Å². The van der Waals surface area contributed by atoms with E-state index in [1.807, 2.05) is 54.6 Å². The molecule has 4 nitrogen and oxygen atoms in total. The minimum Gasteiger partial charge on any atom is -0.208 e. The van der Waals surface area contributed by atoms with Crippen molar-refractivity contribution in [1.82, 2.24) is 15.0 Å². The molecular formula is C66H40N4. The largest absolute Gasteiger partial charge is 0.208 e. The van der Waals surface area contributed by atoms with Crippen LogP contribution < -0.4 is 0 Å². The molecule has 70 heavy (non-hydrogen) atoms. The number of rotatable bonds is 8. The molecule has 13 rings (SSSR count). The summed E-state index contributed by atoms with van der Waals surface area (Å²) in [4.78, 5) is 15.5. The molecule has 0 saturated heterocycles. The normalized spacial score (nSPS) is 11.4. The van der Waals surface area contributed by atoms with Gasteiger partial charge in [0.2, 0.25) is 0 Å². The van der Waals surface area contributed by atoms with E-state index in [4.69, 9.17) is 15.0 Å². The molecule has 1 aliphatic rings. The highest BCUT2D eigenvalue weighted by Gasteiger charge is 2.22. The van der Waals surface area contributed by atoms with Gasteiger partial charge in [-0.05, 0) is 124 Å². The second-order valence-electron chi connectivity index (χ2n) is 17.8. The number of nitrogens with zero attached hydrogens (tertiary/aromatic N) is 4. The van der Waals surface area contributed by atoms with Crippen LogP contribution in [0, 0.1) is 11.3 Å². The van der Waals surface area contributed by atoms with Crippen molar-refractivity contribution in [2.24, 2.45) is 0 Å². The van der Waals surface area contributed by atoms with Crippen molar-refractivity contribution in [3.8, 4) is 118 Å². The van der Waals surface area contributed by atoms with Crippen LogP contribution in [0.3, 0.4) is 0 Å². The van der Waals surface area contributed by atoms with E-state index in [-0.39, 0.29) is 0 Å². The summed E-state index contributed by atoms with van der Waals surface area (Å²) in [5.74, 6) is 1.66. The lowest BCUT2D eigenvalue weighted by atomic mass is 9.89. The highest BCUT2D eigenvalue weighted by Crippen LogP contribution is 2.48. The number of aromatic nitrogens is 3. The average molecular weight is 889 g/mol. The summed E-state index contributed by atoms with van der Waals surface area (Å²) >= 11 is 0. The molecule has 0 fully saturated rings. The molecule has 0 radical (unpaired) electrons. The van der Waals surface area contributed by atoms with Gasteiger partial charge in [0.1, 0.15) is 0 Å². The molecule has 11 aromatic carbocycles. The Labute approximate surface area is 406 Å². The lowest BCUT2D eigenvalue weighted by Crippen LogP contribution is -2.01. The number of hydrogen-bond acceptors (Lipinski definition) is 4. The van der Waals surface area contributed by atoms with E-state index < -0.39 is 0 Å². The smallest absolute Gasteiger partial charge is 0.164 e. The van der Waals surface area contributed by atoms with Crippen LogP contribution in [0.1, 0.15) is 5.56 Å². The summed E-state index contributed by atoms with van der Waals surface area (Å²) in [6.45, 7) is 0. The Balaban J connectivity index is 0.872. The van der Waals surface area contributed by atoms with E-state index in [1.165, 1.54) is 54.9 Å². The van der Waals surface area contributed by atoms with Gasteiger partial charge >= 0.3 is 0 Å². The fourth-order valence-corrected chi connectivity index (χ4v) is 10.3. The van der Waals surface area contributed by atoms with Crippen LogP contribution >= 0.6 is 0 Å². The Morgan fingerprint density at radius 1 is 0.243 bits per heavy atom. The second kappa shape index (κ2) is 16.9. The predicted molar refractivity (Wildman–Crippen MR) is 287 cm³/mol. The molecule has 0 saturated carbocycles. The minimum absolute atomic E-state index is 0.523. The number of fused-ring (bicyclic) bond motifs is 4. The molecule has 0 N–H and O–H groups in total. The van der Waals surface area contributed by atoms with Crippen molar-refractivity contribution < 1.29 is 0 Å². The fraction of sp³-hybridized carbons (Fsp3) is 0. The zero-order chi connectivity index (χ0) is 46.5. The summed E-state index contributed by atoms with van der Waals surface area (Å²) in [6, 6.07) is 87.6. The topological polar surface area (TPSA) is 62.5 Å². The first-order chi connectivity index (χ1) is 34.6. The van der Waals surface area contributed by atoms with Crippen LogP contribution in [-0.2, 0) is 0 Å². The van der Waals surface area contributed by atoms with Crippen molar-refractivity contribution in [1.29, 1.82) is 5.26 Å². The Hall–Kier alpha value is -9.56. The van der Waals surface area contributed by atoms with Crippen molar-refractivity contribution in [2.45, 2.75) is 0 Å². The van der Waals surface area contributed by atoms with E-state index in [2.05, 4.69) is 194 Å². The predicted octanol–water partition coefficient (Wildman–Crippen LogP) is 17.0. The van der Waals surface area contributed by atoms with Crippen molar-refractivity contribution in [3.63, 3.8) is 0 Å². The number of benzene rings is 11. The zero-order valence-corrected chi connectivity index (χ0v) is 37.9. The summed E-state index contributed by atoms with van der Waals surface area (Å²) in [5, 5.41) is 15.7. The third kappa shape index (κ3) is 7.13. The molecule has 4 heteroatoms. The van der Waals surface area contributed by atoms with Gasteiger partial charge in [0.15, 0.2) is 17.5 Å². The monoisotopic (exact) mass is 888 g/mol. The number of hydrogen-bond donors (Lipinski definition) is 0. The lowest BCUT2D eigenvalue weighted by Gasteiger charge is -2.16. The summed E-state index contributed by atoms with van der Waals surface area (Å²) < 4.78 is 0. The van der Waals surface area contributed by atoms with Gasteiger partial charge in [0.25, 0.3) is 0 Å². The summed E-state index contributed by atoms with van der Waals surface area (Å²) in [6.07, 6.45) is 0. The Bertz CT molecular complexity index is 4070. The molecule has 324 valence electrons. The Kier molecular flexibility index (Phi) is 9.85. The van der Waals surface area contributed by atoms with Crippen LogP contribution in [0.15, 0.2) is 243 Å². The van der Waals surface area contributed by atoms with Gasteiger partial charge < -0.3 is 0 Å². The SMILES string of the molecule is N#Cc1ccc(-c2ccccc2-c2ccc(-c3ccc4c(c3)-c3cccc5cccc-4c35)cc2)cc1-c1ccccc1-c1nc(-c2ccccc2)nc(-c2cccc(-c3ccc4ccccc4c3)c2)n1. The van der Waals surface area contributed by atoms with Gasteiger partial charge in [-0.1, -0.05) is 212 Å². The number of nitriles is 1. The summed E-state index contributed by atoms with van der Waals surface area (Å²) in [5.41, 5.74) is 18.8. The molecule has 0 atom stereocenters. The van der Waals surface area contributed by atoms with E-state index in [0.717, 1.165) is 61.2 Å². The maximum Gasteiger partial charge on any atom is 0.164 e. The van der Waals surface area contributed by atoms with Gasteiger partial charge in [-0.2, -0.15) is 5.26 Å². The van der Waals surface area contributed by atoms with Crippen molar-refractivity contribution in [3.05, 3.63) is 248 Å². The van der Waals surface area contributed by atoms with E-state index in [9.17, 15) is 5.26 Å². The molecule has 1 aliphatic carbocycles. The highest BCUT2D eigenvalue weighted by atomic mass is 15.0. The zero-order valence-electron chi connectivity index (χ0n) is 37.9. The van der Waals surface area contributed by atoms with E-state index >= 15 is 0 Å². The molecule has 0 aliphatic heterocycles. The quantitative estimate of drug-likeness (QED) is 0.152. The maximum atomic E-state index is 10.7. The van der Waals surface area contributed by atoms with Crippen LogP contribution in [-0.4, -0.2) is 15.0 Å². The maximum absolute atomic E-state index is 10.7. The average Bonchev–Trinajstić information content (AvgIpc) is 3.76. The van der Waals surface area contributed by atoms with Crippen molar-refractivity contribution in [2.75, 3.05) is 0 Å². The van der Waals surface area contributed by atoms with Crippen molar-refractivity contribution >= 4 is 21.5 Å². The lowest BCUT2D eigenvalue weighted by molar-refractivity contribution is 1.07. The fourth-order valence-electron chi connectivity index (χ4n) is 10.3. The third-order valence-corrected chi connectivity index (χ3v) is 13.7. The molecule has 0 spiro atoms. The molecule has 0 unspecified atom stereocenters. The summed E-state index contributed by atoms with van der Waals surface area (Å²) in [7, 11) is 0. The highest BCUT2D eigenvalue weighted by molar-refractivity contribution is 6.15. The molecule has 0 bridgehead atoms. The molecule has 1 aromatic heterocycles. The molecular weight excluding hydrogens is 849 g/mol. The van der Waals surface area contributed by atoms with E-state index in [1.54, 1.807) is 0 Å². The van der Waals surface area contributed by atoms with Gasteiger partial charge in [-0.25, -0.2) is 15.0 Å². The minimum atomic E-state index is 0.523. The van der Waals surface area contributed by atoms with Crippen LogP contribution in [0.25, 0.3) is 134 Å². The van der Waals surface area contributed by atoms with Gasteiger partial charge in [0.05, 0.1) is 11.6 Å². The Morgan fingerprint density at radius 2 is 0.729 bits per heavy atom. The van der Waals surface area contributed by atoms with E-state index in [0.29, 0.717) is 23.0 Å². The first kappa shape index (κ1) is 40.7. The van der Waals surface area contributed by atoms with Gasteiger partial charge in [-0.15, -0.1) is 0 Å².